The minimum Gasteiger partial charge on any atom is -0.310 e. The van der Waals surface area contributed by atoms with Crippen LogP contribution >= 0.6 is 0 Å². The second kappa shape index (κ2) is 6.02. The van der Waals surface area contributed by atoms with Crippen LogP contribution in [0.25, 0.3) is 0 Å². The molecule has 3 rings (SSSR count). The maximum atomic E-state index is 4.43. The molecule has 0 atom stereocenters. The van der Waals surface area contributed by atoms with Crippen LogP contribution in [0.5, 0.6) is 0 Å². The molecule has 1 aliphatic rings. The smallest absolute Gasteiger partial charge is 0.0659 e. The quantitative estimate of drug-likeness (QED) is 0.890. The van der Waals surface area contributed by atoms with Gasteiger partial charge in [-0.3, -0.25) is 4.68 Å². The van der Waals surface area contributed by atoms with Gasteiger partial charge in [0.15, 0.2) is 0 Å². The first kappa shape index (κ1) is 12.4. The van der Waals surface area contributed by atoms with Gasteiger partial charge in [0.05, 0.1) is 12.7 Å². The Hall–Kier alpha value is -1.61. The summed E-state index contributed by atoms with van der Waals surface area (Å²) in [5.74, 6) is 0. The molecule has 0 amide bonds. The zero-order chi connectivity index (χ0) is 12.9. The number of nitrogens with one attached hydrogen (secondary N) is 1. The van der Waals surface area contributed by atoms with E-state index in [1.807, 2.05) is 16.9 Å². The molecule has 1 heterocycles. The maximum Gasteiger partial charge on any atom is 0.0659 e. The van der Waals surface area contributed by atoms with E-state index in [-0.39, 0.29) is 0 Å². The van der Waals surface area contributed by atoms with Crippen molar-refractivity contribution < 1.29 is 0 Å². The van der Waals surface area contributed by atoms with Gasteiger partial charge in [0.2, 0.25) is 0 Å². The fourth-order valence-corrected chi connectivity index (χ4v) is 2.75. The van der Waals surface area contributed by atoms with E-state index in [0.29, 0.717) is 0 Å². The summed E-state index contributed by atoms with van der Waals surface area (Å²) in [4.78, 5) is 0. The van der Waals surface area contributed by atoms with Crippen LogP contribution in [0.15, 0.2) is 42.7 Å². The Kier molecular flexibility index (Phi) is 3.94. The summed E-state index contributed by atoms with van der Waals surface area (Å²) in [5, 5.41) is 8.06. The summed E-state index contributed by atoms with van der Waals surface area (Å²) in [5.41, 5.74) is 2.57. The highest BCUT2D eigenvalue weighted by molar-refractivity contribution is 5.15. The topological polar surface area (TPSA) is 29.9 Å². The van der Waals surface area contributed by atoms with E-state index >= 15 is 0 Å². The number of aromatic nitrogens is 2. The van der Waals surface area contributed by atoms with Crippen LogP contribution in [-0.2, 0) is 13.1 Å². The summed E-state index contributed by atoms with van der Waals surface area (Å²) in [6.07, 6.45) is 9.55. The lowest BCUT2D eigenvalue weighted by Crippen LogP contribution is -2.25. The van der Waals surface area contributed by atoms with Crippen molar-refractivity contribution in [3.63, 3.8) is 0 Å². The van der Waals surface area contributed by atoms with E-state index in [0.717, 1.165) is 19.1 Å². The predicted molar refractivity (Wildman–Crippen MR) is 76.9 cm³/mol. The first-order valence-corrected chi connectivity index (χ1v) is 7.19. The molecule has 0 saturated heterocycles. The van der Waals surface area contributed by atoms with Crippen LogP contribution in [0, 0.1) is 0 Å². The Morgan fingerprint density at radius 2 is 1.89 bits per heavy atom. The molecular formula is C16H21N3. The molecule has 1 fully saturated rings. The average Bonchev–Trinajstić information content (AvgIpc) is 3.09. The second-order valence-electron chi connectivity index (χ2n) is 5.39. The fourth-order valence-electron chi connectivity index (χ4n) is 2.75. The van der Waals surface area contributed by atoms with Gasteiger partial charge in [-0.15, -0.1) is 0 Å². The summed E-state index contributed by atoms with van der Waals surface area (Å²) in [6, 6.07) is 11.2. The van der Waals surface area contributed by atoms with E-state index in [4.69, 9.17) is 0 Å². The van der Waals surface area contributed by atoms with Crippen molar-refractivity contribution in [1.29, 1.82) is 0 Å². The van der Waals surface area contributed by atoms with Gasteiger partial charge in [0.1, 0.15) is 0 Å². The normalized spacial score (nSPS) is 16.0. The van der Waals surface area contributed by atoms with Gasteiger partial charge in [0, 0.05) is 24.3 Å². The minimum atomic E-state index is 0.720. The van der Waals surface area contributed by atoms with Crippen molar-refractivity contribution in [2.45, 2.75) is 44.8 Å². The average molecular weight is 255 g/mol. The molecule has 1 saturated carbocycles. The number of hydrogen-bond acceptors (Lipinski definition) is 2. The molecule has 3 heteroatoms. The summed E-state index contributed by atoms with van der Waals surface area (Å²) >= 11 is 0. The SMILES string of the molecule is c1ccc(Cn2cc(CNC3CCCC3)cn2)cc1. The lowest BCUT2D eigenvalue weighted by Gasteiger charge is -2.09. The van der Waals surface area contributed by atoms with Gasteiger partial charge in [-0.2, -0.15) is 5.10 Å². The standard InChI is InChI=1S/C16H21N3/c1-2-6-14(7-3-1)12-19-13-15(11-18-19)10-17-16-8-4-5-9-16/h1-3,6-7,11,13,16-17H,4-5,8-10,12H2. The number of benzene rings is 1. The van der Waals surface area contributed by atoms with E-state index in [9.17, 15) is 0 Å². The highest BCUT2D eigenvalue weighted by atomic mass is 15.3. The van der Waals surface area contributed by atoms with Crippen LogP contribution in [0.2, 0.25) is 0 Å². The van der Waals surface area contributed by atoms with Gasteiger partial charge in [-0.05, 0) is 18.4 Å². The molecule has 3 nitrogen and oxygen atoms in total. The monoisotopic (exact) mass is 255 g/mol. The first-order valence-electron chi connectivity index (χ1n) is 7.19. The number of hydrogen-bond donors (Lipinski definition) is 1. The molecule has 0 radical (unpaired) electrons. The van der Waals surface area contributed by atoms with E-state index in [1.165, 1.54) is 36.8 Å². The zero-order valence-electron chi connectivity index (χ0n) is 11.3. The molecule has 19 heavy (non-hydrogen) atoms. The van der Waals surface area contributed by atoms with Gasteiger partial charge < -0.3 is 5.32 Å². The highest BCUT2D eigenvalue weighted by Gasteiger charge is 2.13. The summed E-state index contributed by atoms with van der Waals surface area (Å²) in [7, 11) is 0. The third kappa shape index (κ3) is 3.44. The molecule has 100 valence electrons. The summed E-state index contributed by atoms with van der Waals surface area (Å²) < 4.78 is 2.01. The Balaban J connectivity index is 1.54. The lowest BCUT2D eigenvalue weighted by molar-refractivity contribution is 0.524. The predicted octanol–water partition coefficient (Wildman–Crippen LogP) is 2.96. The van der Waals surface area contributed by atoms with Crippen molar-refractivity contribution in [1.82, 2.24) is 15.1 Å². The van der Waals surface area contributed by atoms with Crippen LogP contribution in [0.4, 0.5) is 0 Å². The van der Waals surface area contributed by atoms with Crippen LogP contribution in [0.1, 0.15) is 36.8 Å². The first-order chi connectivity index (χ1) is 9.40. The molecule has 0 aliphatic heterocycles. The van der Waals surface area contributed by atoms with E-state index < -0.39 is 0 Å². The van der Waals surface area contributed by atoms with E-state index in [2.05, 4.69) is 40.9 Å². The lowest BCUT2D eigenvalue weighted by atomic mass is 10.2. The Labute approximate surface area is 114 Å². The number of rotatable bonds is 5. The van der Waals surface area contributed by atoms with Gasteiger partial charge in [-0.1, -0.05) is 43.2 Å². The van der Waals surface area contributed by atoms with Crippen molar-refractivity contribution in [3.05, 3.63) is 53.9 Å². The van der Waals surface area contributed by atoms with Crippen molar-refractivity contribution in [3.8, 4) is 0 Å². The maximum absolute atomic E-state index is 4.43. The van der Waals surface area contributed by atoms with Gasteiger partial charge >= 0.3 is 0 Å². The molecule has 1 aromatic carbocycles. The zero-order valence-corrected chi connectivity index (χ0v) is 11.3. The Morgan fingerprint density at radius 1 is 1.11 bits per heavy atom. The third-order valence-electron chi connectivity index (χ3n) is 3.82. The molecule has 1 N–H and O–H groups in total. The van der Waals surface area contributed by atoms with Gasteiger partial charge in [-0.25, -0.2) is 0 Å². The molecular weight excluding hydrogens is 234 g/mol. The van der Waals surface area contributed by atoms with Crippen molar-refractivity contribution in [2.75, 3.05) is 0 Å². The van der Waals surface area contributed by atoms with Crippen LogP contribution < -0.4 is 5.32 Å². The van der Waals surface area contributed by atoms with Crippen molar-refractivity contribution in [2.24, 2.45) is 0 Å². The van der Waals surface area contributed by atoms with Gasteiger partial charge in [0.25, 0.3) is 0 Å². The largest absolute Gasteiger partial charge is 0.310 e. The molecule has 0 spiro atoms. The molecule has 0 unspecified atom stereocenters. The fraction of sp³-hybridized carbons (Fsp3) is 0.438. The molecule has 2 aromatic rings. The Bertz CT molecular complexity index is 498. The van der Waals surface area contributed by atoms with Crippen LogP contribution in [0.3, 0.4) is 0 Å². The highest BCUT2D eigenvalue weighted by Crippen LogP contribution is 2.18. The number of nitrogens with zero attached hydrogens (tertiary/aromatic N) is 2. The Morgan fingerprint density at radius 3 is 2.68 bits per heavy atom. The second-order valence-corrected chi connectivity index (χ2v) is 5.39. The summed E-state index contributed by atoms with van der Waals surface area (Å²) in [6.45, 7) is 1.80. The molecule has 1 aromatic heterocycles. The minimum absolute atomic E-state index is 0.720. The van der Waals surface area contributed by atoms with Crippen molar-refractivity contribution >= 4 is 0 Å². The van der Waals surface area contributed by atoms with Crippen LogP contribution in [-0.4, -0.2) is 15.8 Å². The third-order valence-corrected chi connectivity index (χ3v) is 3.82. The molecule has 1 aliphatic carbocycles. The van der Waals surface area contributed by atoms with E-state index in [1.54, 1.807) is 0 Å². The molecule has 0 bridgehead atoms.